The lowest BCUT2D eigenvalue weighted by Crippen LogP contribution is -2.33. The molecule has 4 heteroatoms. The van der Waals surface area contributed by atoms with Crippen LogP contribution in [0.15, 0.2) is 6.07 Å². The molecule has 0 aliphatic carbocycles. The van der Waals surface area contributed by atoms with Crippen molar-refractivity contribution in [1.29, 1.82) is 0 Å². The molecule has 0 amide bonds. The normalized spacial score (nSPS) is 23.3. The van der Waals surface area contributed by atoms with Crippen molar-refractivity contribution in [3.05, 3.63) is 22.2 Å². The summed E-state index contributed by atoms with van der Waals surface area (Å²) in [4.78, 5) is 0. The lowest BCUT2D eigenvalue weighted by atomic mass is 9.87. The first-order chi connectivity index (χ1) is 8.53. The summed E-state index contributed by atoms with van der Waals surface area (Å²) >= 11 is 6.46. The monoisotopic (exact) mass is 269 g/mol. The highest BCUT2D eigenvalue weighted by Gasteiger charge is 2.36. The molecule has 3 nitrogen and oxygen atoms in total. The fraction of sp³-hybridized carbons (Fsp3) is 0.571. The lowest BCUT2D eigenvalue weighted by Gasteiger charge is -2.28. The van der Waals surface area contributed by atoms with E-state index in [9.17, 15) is 5.11 Å². The first kappa shape index (κ1) is 13.5. The van der Waals surface area contributed by atoms with Crippen LogP contribution in [0.1, 0.15) is 37.8 Å². The van der Waals surface area contributed by atoms with Crippen molar-refractivity contribution in [1.82, 2.24) is 5.32 Å². The summed E-state index contributed by atoms with van der Waals surface area (Å²) in [6.07, 6.45) is 2.88. The van der Waals surface area contributed by atoms with Gasteiger partial charge in [0.1, 0.15) is 0 Å². The third kappa shape index (κ3) is 2.06. The van der Waals surface area contributed by atoms with Crippen molar-refractivity contribution in [3.63, 3.8) is 0 Å². The van der Waals surface area contributed by atoms with Crippen molar-refractivity contribution < 1.29 is 9.84 Å². The summed E-state index contributed by atoms with van der Waals surface area (Å²) in [6, 6.07) is 1.82. The van der Waals surface area contributed by atoms with Crippen LogP contribution >= 0.6 is 11.6 Å². The molecule has 1 aliphatic heterocycles. The van der Waals surface area contributed by atoms with Gasteiger partial charge in [-0.1, -0.05) is 18.5 Å². The zero-order chi connectivity index (χ0) is 13.3. The first-order valence-electron chi connectivity index (χ1n) is 6.37. The van der Waals surface area contributed by atoms with E-state index >= 15 is 0 Å². The van der Waals surface area contributed by atoms with E-state index in [0.717, 1.165) is 36.9 Å². The Balaban J connectivity index is 2.63. The van der Waals surface area contributed by atoms with Crippen LogP contribution in [0.3, 0.4) is 0 Å². The maximum Gasteiger partial charge on any atom is 0.164 e. The summed E-state index contributed by atoms with van der Waals surface area (Å²) in [5.41, 5.74) is 1.52. The number of benzene rings is 1. The van der Waals surface area contributed by atoms with E-state index in [4.69, 9.17) is 16.3 Å². The second-order valence-corrected chi connectivity index (χ2v) is 5.37. The summed E-state index contributed by atoms with van der Waals surface area (Å²) in [7, 11) is 1.57. The van der Waals surface area contributed by atoms with Crippen LogP contribution in [-0.2, 0) is 12.0 Å². The van der Waals surface area contributed by atoms with Gasteiger partial charge >= 0.3 is 0 Å². The van der Waals surface area contributed by atoms with Crippen LogP contribution < -0.4 is 10.1 Å². The van der Waals surface area contributed by atoms with Gasteiger partial charge in [-0.15, -0.1) is 0 Å². The molecule has 1 fully saturated rings. The minimum atomic E-state index is -0.264. The zero-order valence-electron chi connectivity index (χ0n) is 11.1. The Labute approximate surface area is 113 Å². The summed E-state index contributed by atoms with van der Waals surface area (Å²) in [5.74, 6) is 0.665. The average Bonchev–Trinajstić information content (AvgIpc) is 2.77. The quantitative estimate of drug-likeness (QED) is 0.885. The van der Waals surface area contributed by atoms with Crippen LogP contribution in [0.5, 0.6) is 11.5 Å². The van der Waals surface area contributed by atoms with Crippen molar-refractivity contribution in [3.8, 4) is 11.5 Å². The third-order valence-electron chi connectivity index (χ3n) is 3.80. The molecule has 18 heavy (non-hydrogen) atoms. The van der Waals surface area contributed by atoms with E-state index in [0.29, 0.717) is 10.8 Å². The predicted octanol–water partition coefficient (Wildman–Crippen LogP) is 3.22. The lowest BCUT2D eigenvalue weighted by molar-refractivity contribution is 0.350. The van der Waals surface area contributed by atoms with Crippen LogP contribution in [-0.4, -0.2) is 18.8 Å². The SMILES string of the molecule is CCc1cc(OC)c(O)c(C2(C)CCCN2)c1Cl. The van der Waals surface area contributed by atoms with E-state index in [1.165, 1.54) is 0 Å². The standard InChI is InChI=1S/C14H20ClNO2/c1-4-9-8-10(18-3)13(17)11(12(9)15)14(2)6-5-7-16-14/h8,16-17H,4-7H2,1-3H3. The molecule has 1 aromatic rings. The van der Waals surface area contributed by atoms with Crippen LogP contribution in [0, 0.1) is 0 Å². The third-order valence-corrected chi connectivity index (χ3v) is 4.23. The molecule has 0 radical (unpaired) electrons. The van der Waals surface area contributed by atoms with Gasteiger partial charge in [-0.3, -0.25) is 0 Å². The molecule has 0 aromatic heterocycles. The Morgan fingerprint density at radius 3 is 2.78 bits per heavy atom. The minimum Gasteiger partial charge on any atom is -0.504 e. The number of phenols is 1. The highest BCUT2D eigenvalue weighted by Crippen LogP contribution is 2.46. The average molecular weight is 270 g/mol. The Bertz CT molecular complexity index is 425. The fourth-order valence-corrected chi connectivity index (χ4v) is 3.19. The number of phenolic OH excluding ortho intramolecular Hbond substituents is 1. The number of aryl methyl sites for hydroxylation is 1. The second-order valence-electron chi connectivity index (χ2n) is 4.99. The molecule has 1 unspecified atom stereocenters. The molecule has 1 aromatic carbocycles. The number of halogens is 1. The number of rotatable bonds is 3. The van der Waals surface area contributed by atoms with E-state index < -0.39 is 0 Å². The second kappa shape index (κ2) is 4.98. The van der Waals surface area contributed by atoms with Gasteiger partial charge in [-0.25, -0.2) is 0 Å². The molecule has 1 saturated heterocycles. The van der Waals surface area contributed by atoms with Crippen molar-refractivity contribution in [2.75, 3.05) is 13.7 Å². The molecule has 0 bridgehead atoms. The predicted molar refractivity (Wildman–Crippen MR) is 73.6 cm³/mol. The van der Waals surface area contributed by atoms with Crippen molar-refractivity contribution in [2.45, 2.75) is 38.6 Å². The molecule has 0 spiro atoms. The van der Waals surface area contributed by atoms with Crippen LogP contribution in [0.25, 0.3) is 0 Å². The molecule has 1 atom stereocenters. The molecule has 1 heterocycles. The molecule has 1 aliphatic rings. The Morgan fingerprint density at radius 1 is 1.56 bits per heavy atom. The maximum atomic E-state index is 10.4. The first-order valence-corrected chi connectivity index (χ1v) is 6.75. The van der Waals surface area contributed by atoms with Gasteiger partial charge < -0.3 is 15.2 Å². The highest BCUT2D eigenvalue weighted by atomic mass is 35.5. The van der Waals surface area contributed by atoms with E-state index in [-0.39, 0.29) is 11.3 Å². The van der Waals surface area contributed by atoms with Gasteiger partial charge in [0, 0.05) is 11.1 Å². The number of methoxy groups -OCH3 is 1. The van der Waals surface area contributed by atoms with Gasteiger partial charge in [-0.2, -0.15) is 0 Å². The van der Waals surface area contributed by atoms with Crippen LogP contribution in [0.2, 0.25) is 5.02 Å². The van der Waals surface area contributed by atoms with E-state index in [1.54, 1.807) is 7.11 Å². The minimum absolute atomic E-state index is 0.164. The molecule has 2 rings (SSSR count). The Kier molecular flexibility index (Phi) is 3.74. The van der Waals surface area contributed by atoms with Crippen LogP contribution in [0.4, 0.5) is 0 Å². The number of nitrogens with one attached hydrogen (secondary N) is 1. The maximum absolute atomic E-state index is 10.4. The van der Waals surface area contributed by atoms with E-state index in [2.05, 4.69) is 12.2 Å². The molecular weight excluding hydrogens is 250 g/mol. The summed E-state index contributed by atoms with van der Waals surface area (Å²) in [6.45, 7) is 5.08. The number of ether oxygens (including phenoxy) is 1. The van der Waals surface area contributed by atoms with Gasteiger partial charge in [-0.05, 0) is 44.4 Å². The molecular formula is C14H20ClNO2. The van der Waals surface area contributed by atoms with Gasteiger partial charge in [0.25, 0.3) is 0 Å². The smallest absolute Gasteiger partial charge is 0.164 e. The van der Waals surface area contributed by atoms with Gasteiger partial charge in [0.05, 0.1) is 12.1 Å². The zero-order valence-corrected chi connectivity index (χ0v) is 11.9. The number of hydrogen-bond donors (Lipinski definition) is 2. The number of aromatic hydroxyl groups is 1. The molecule has 100 valence electrons. The highest BCUT2D eigenvalue weighted by molar-refractivity contribution is 6.32. The Hall–Kier alpha value is -0.930. The molecule has 2 N–H and O–H groups in total. The summed E-state index contributed by atoms with van der Waals surface area (Å²) < 4.78 is 5.25. The largest absolute Gasteiger partial charge is 0.504 e. The van der Waals surface area contributed by atoms with Crippen molar-refractivity contribution >= 4 is 11.6 Å². The Morgan fingerprint density at radius 2 is 2.28 bits per heavy atom. The summed E-state index contributed by atoms with van der Waals surface area (Å²) in [5, 5.41) is 14.5. The van der Waals surface area contributed by atoms with Gasteiger partial charge in [0.15, 0.2) is 11.5 Å². The number of hydrogen-bond acceptors (Lipinski definition) is 3. The van der Waals surface area contributed by atoms with Gasteiger partial charge in [0.2, 0.25) is 0 Å². The fourth-order valence-electron chi connectivity index (χ4n) is 2.70. The topological polar surface area (TPSA) is 41.5 Å². The molecule has 0 saturated carbocycles. The van der Waals surface area contributed by atoms with E-state index in [1.807, 2.05) is 13.0 Å². The van der Waals surface area contributed by atoms with Crippen molar-refractivity contribution in [2.24, 2.45) is 0 Å².